The summed E-state index contributed by atoms with van der Waals surface area (Å²) in [7, 11) is 3.63. The lowest BCUT2D eigenvalue weighted by molar-refractivity contribution is 0.280. The molecular weight excluding hydrogens is 439 g/mol. The van der Waals surface area contributed by atoms with E-state index < -0.39 is 0 Å². The molecule has 0 aliphatic rings. The van der Waals surface area contributed by atoms with Crippen molar-refractivity contribution in [3.8, 4) is 11.5 Å². The Labute approximate surface area is 177 Å². The molecule has 0 fully saturated rings. The first-order valence-corrected chi connectivity index (χ1v) is 8.92. The first kappa shape index (κ1) is 25.0. The molecule has 0 radical (unpaired) electrons. The third-order valence-corrected chi connectivity index (χ3v) is 4.10. The van der Waals surface area contributed by atoms with Gasteiger partial charge in [-0.05, 0) is 44.3 Å². The van der Waals surface area contributed by atoms with E-state index in [1.54, 1.807) is 7.11 Å². The maximum absolute atomic E-state index is 6.08. The highest BCUT2D eigenvalue weighted by molar-refractivity contribution is 9.10. The third kappa shape index (κ3) is 8.14. The maximum Gasteiger partial charge on any atom is 0.166 e. The molecule has 2 aromatic carbocycles. The topological polar surface area (TPSA) is 42.5 Å². The van der Waals surface area contributed by atoms with Crippen molar-refractivity contribution in [3.05, 3.63) is 58.1 Å². The molecule has 26 heavy (non-hydrogen) atoms. The second-order valence-corrected chi connectivity index (χ2v) is 6.42. The molecule has 0 amide bonds. The number of hydrogen-bond acceptors (Lipinski definition) is 4. The minimum absolute atomic E-state index is 0. The predicted octanol–water partition coefficient (Wildman–Crippen LogP) is 4.58. The van der Waals surface area contributed by atoms with Crippen LogP contribution in [-0.2, 0) is 13.2 Å². The van der Waals surface area contributed by atoms with E-state index in [0.717, 1.165) is 53.2 Å². The van der Waals surface area contributed by atoms with Gasteiger partial charge in [-0.25, -0.2) is 0 Å². The van der Waals surface area contributed by atoms with Crippen LogP contribution in [0.2, 0.25) is 0 Å². The molecule has 0 heterocycles. The number of methoxy groups -OCH3 is 1. The van der Waals surface area contributed by atoms with Crippen molar-refractivity contribution >= 4 is 40.7 Å². The summed E-state index contributed by atoms with van der Waals surface area (Å²) in [6, 6.07) is 14.2. The van der Waals surface area contributed by atoms with Crippen LogP contribution in [0.15, 0.2) is 46.9 Å². The monoisotopic (exact) mass is 464 g/mol. The van der Waals surface area contributed by atoms with Gasteiger partial charge in [-0.3, -0.25) is 0 Å². The standard InChI is InChI=1S/C19H25BrN2O2.2ClH/c1-21-9-6-10-22-13-16-11-17(20)12-18(23-2)19(16)24-14-15-7-4-3-5-8-15;;/h3-5,7-8,11-12,21-22H,6,9-10,13-14H2,1-2H3;2*1H. The van der Waals surface area contributed by atoms with Crippen molar-refractivity contribution in [1.29, 1.82) is 0 Å². The van der Waals surface area contributed by atoms with Crippen LogP contribution in [-0.4, -0.2) is 27.2 Å². The summed E-state index contributed by atoms with van der Waals surface area (Å²) in [5.41, 5.74) is 2.22. The second kappa shape index (κ2) is 14.1. The molecule has 2 rings (SSSR count). The Bertz CT molecular complexity index is 630. The highest BCUT2D eigenvalue weighted by Gasteiger charge is 2.13. The highest BCUT2D eigenvalue weighted by atomic mass is 79.9. The number of hydrogen-bond donors (Lipinski definition) is 2. The molecule has 0 aliphatic heterocycles. The molecule has 0 aromatic heterocycles. The second-order valence-electron chi connectivity index (χ2n) is 5.50. The van der Waals surface area contributed by atoms with Crippen LogP contribution in [0.1, 0.15) is 17.5 Å². The van der Waals surface area contributed by atoms with Crippen LogP contribution in [0.3, 0.4) is 0 Å². The van der Waals surface area contributed by atoms with E-state index in [2.05, 4.69) is 44.8 Å². The predicted molar refractivity (Wildman–Crippen MR) is 116 cm³/mol. The maximum atomic E-state index is 6.08. The Hall–Kier alpha value is -0.980. The average Bonchev–Trinajstić information content (AvgIpc) is 2.61. The Balaban J connectivity index is 0.00000312. The van der Waals surface area contributed by atoms with Crippen molar-refractivity contribution < 1.29 is 9.47 Å². The number of rotatable bonds is 10. The Morgan fingerprint density at radius 2 is 1.77 bits per heavy atom. The molecule has 0 bridgehead atoms. The van der Waals surface area contributed by atoms with Gasteiger partial charge in [-0.15, -0.1) is 24.8 Å². The fourth-order valence-electron chi connectivity index (χ4n) is 2.41. The van der Waals surface area contributed by atoms with Gasteiger partial charge in [0, 0.05) is 16.6 Å². The van der Waals surface area contributed by atoms with Crippen molar-refractivity contribution in [2.45, 2.75) is 19.6 Å². The molecule has 146 valence electrons. The van der Waals surface area contributed by atoms with E-state index in [-0.39, 0.29) is 24.8 Å². The zero-order chi connectivity index (χ0) is 17.2. The van der Waals surface area contributed by atoms with Crippen LogP contribution >= 0.6 is 40.7 Å². The fourth-order valence-corrected chi connectivity index (χ4v) is 2.90. The Morgan fingerprint density at radius 3 is 2.42 bits per heavy atom. The minimum Gasteiger partial charge on any atom is -0.493 e. The van der Waals surface area contributed by atoms with E-state index in [9.17, 15) is 0 Å². The zero-order valence-corrected chi connectivity index (χ0v) is 18.3. The smallest absolute Gasteiger partial charge is 0.166 e. The molecule has 0 aliphatic carbocycles. The van der Waals surface area contributed by atoms with Crippen molar-refractivity contribution in [2.24, 2.45) is 0 Å². The van der Waals surface area contributed by atoms with Crippen LogP contribution in [0.5, 0.6) is 11.5 Å². The van der Waals surface area contributed by atoms with Crippen molar-refractivity contribution in [3.63, 3.8) is 0 Å². The SMILES string of the molecule is CNCCCNCc1cc(Br)cc(OC)c1OCc1ccccc1.Cl.Cl. The van der Waals surface area contributed by atoms with E-state index >= 15 is 0 Å². The molecule has 0 saturated heterocycles. The largest absolute Gasteiger partial charge is 0.493 e. The van der Waals surface area contributed by atoms with Crippen LogP contribution in [0.25, 0.3) is 0 Å². The van der Waals surface area contributed by atoms with E-state index in [1.165, 1.54) is 0 Å². The Morgan fingerprint density at radius 1 is 1.04 bits per heavy atom. The summed E-state index contributed by atoms with van der Waals surface area (Å²) < 4.78 is 12.6. The lowest BCUT2D eigenvalue weighted by Gasteiger charge is -2.16. The fraction of sp³-hybridized carbons (Fsp3) is 0.368. The quantitative estimate of drug-likeness (QED) is 0.504. The molecule has 2 aromatic rings. The molecular formula is C19H27BrCl2N2O2. The number of halogens is 3. The van der Waals surface area contributed by atoms with Gasteiger partial charge in [-0.1, -0.05) is 46.3 Å². The normalized spacial score (nSPS) is 9.81. The summed E-state index contributed by atoms with van der Waals surface area (Å²) in [6.45, 7) is 3.22. The molecule has 0 atom stereocenters. The van der Waals surface area contributed by atoms with Crippen LogP contribution < -0.4 is 20.1 Å². The summed E-state index contributed by atoms with van der Waals surface area (Å²) in [6.07, 6.45) is 1.09. The molecule has 2 N–H and O–H groups in total. The van der Waals surface area contributed by atoms with Gasteiger partial charge in [-0.2, -0.15) is 0 Å². The lowest BCUT2D eigenvalue weighted by atomic mass is 10.1. The number of ether oxygens (including phenoxy) is 2. The van der Waals surface area contributed by atoms with E-state index in [4.69, 9.17) is 9.47 Å². The summed E-state index contributed by atoms with van der Waals surface area (Å²) in [4.78, 5) is 0. The van der Waals surface area contributed by atoms with Gasteiger partial charge in [0.05, 0.1) is 7.11 Å². The first-order valence-electron chi connectivity index (χ1n) is 8.13. The van der Waals surface area contributed by atoms with Gasteiger partial charge >= 0.3 is 0 Å². The molecule has 7 heteroatoms. The molecule has 0 unspecified atom stereocenters. The highest BCUT2D eigenvalue weighted by Crippen LogP contribution is 2.35. The summed E-state index contributed by atoms with van der Waals surface area (Å²) in [5, 5.41) is 6.61. The first-order chi connectivity index (χ1) is 11.7. The van der Waals surface area contributed by atoms with E-state index in [0.29, 0.717) is 6.61 Å². The third-order valence-electron chi connectivity index (χ3n) is 3.64. The van der Waals surface area contributed by atoms with Gasteiger partial charge in [0.25, 0.3) is 0 Å². The van der Waals surface area contributed by atoms with E-state index in [1.807, 2.05) is 31.3 Å². The van der Waals surface area contributed by atoms with Crippen LogP contribution in [0.4, 0.5) is 0 Å². The van der Waals surface area contributed by atoms with Crippen molar-refractivity contribution in [2.75, 3.05) is 27.2 Å². The number of benzene rings is 2. The Kier molecular flexibility index (Phi) is 13.6. The number of nitrogens with one attached hydrogen (secondary N) is 2. The van der Waals surface area contributed by atoms with Crippen LogP contribution in [0, 0.1) is 0 Å². The van der Waals surface area contributed by atoms with Gasteiger partial charge in [0.2, 0.25) is 0 Å². The summed E-state index contributed by atoms with van der Waals surface area (Å²) in [5.74, 6) is 1.54. The van der Waals surface area contributed by atoms with Gasteiger partial charge < -0.3 is 20.1 Å². The van der Waals surface area contributed by atoms with Gasteiger partial charge in [0.1, 0.15) is 6.61 Å². The molecule has 0 spiro atoms. The minimum atomic E-state index is 0. The lowest BCUT2D eigenvalue weighted by Crippen LogP contribution is -2.20. The average molecular weight is 466 g/mol. The van der Waals surface area contributed by atoms with Crippen molar-refractivity contribution in [1.82, 2.24) is 10.6 Å². The molecule has 4 nitrogen and oxygen atoms in total. The van der Waals surface area contributed by atoms with Gasteiger partial charge in [0.15, 0.2) is 11.5 Å². The zero-order valence-electron chi connectivity index (χ0n) is 15.1. The molecule has 0 saturated carbocycles. The summed E-state index contributed by atoms with van der Waals surface area (Å²) >= 11 is 3.54.